The lowest BCUT2D eigenvalue weighted by Gasteiger charge is -2.29. The molecule has 140 valence electrons. The number of hydrazine groups is 1. The summed E-state index contributed by atoms with van der Waals surface area (Å²) in [5.74, 6) is 4.95. The van der Waals surface area contributed by atoms with Crippen molar-refractivity contribution in [1.29, 1.82) is 0 Å². The first-order valence-corrected chi connectivity index (χ1v) is 8.86. The van der Waals surface area contributed by atoms with Crippen LogP contribution in [0.25, 0.3) is 0 Å². The van der Waals surface area contributed by atoms with E-state index in [1.165, 1.54) is 16.8 Å². The minimum Gasteiger partial charge on any atom is -0.369 e. The minimum atomic E-state index is -0.169. The molecule has 0 aliphatic carbocycles. The maximum absolute atomic E-state index is 11.3. The molecule has 1 fully saturated rings. The van der Waals surface area contributed by atoms with Crippen molar-refractivity contribution in [3.8, 4) is 0 Å². The fraction of sp³-hybridized carbons (Fsp3) is 0.381. The average molecular weight is 354 g/mol. The molecule has 2 aromatic carbocycles. The third-order valence-electron chi connectivity index (χ3n) is 4.67. The molecule has 1 amide bonds. The molecule has 0 spiro atoms. The number of nitrogens with two attached hydrogens (primary N) is 1. The number of amides is 1. The smallest absolute Gasteiger partial charge is 0.238 e. The molecule has 1 aliphatic rings. The second-order valence-electron chi connectivity index (χ2n) is 6.46. The number of carbonyl (C=O) groups excluding carboxylic acids is 1. The third-order valence-corrected chi connectivity index (χ3v) is 4.67. The lowest BCUT2D eigenvalue weighted by Crippen LogP contribution is -2.43. The second kappa shape index (κ2) is 9.94. The normalized spacial score (nSPS) is 13.8. The first-order valence-electron chi connectivity index (χ1n) is 8.86. The quantitative estimate of drug-likeness (QED) is 0.422. The molecule has 3 rings (SSSR count). The zero-order valence-corrected chi connectivity index (χ0v) is 14.5. The van der Waals surface area contributed by atoms with Crippen LogP contribution < -0.4 is 21.5 Å². The highest BCUT2D eigenvalue weighted by atomic mass is 16.2. The van der Waals surface area contributed by atoms with E-state index in [2.05, 4.69) is 52.0 Å². The van der Waals surface area contributed by atoms with E-state index in [9.17, 15) is 4.79 Å². The second-order valence-corrected chi connectivity index (χ2v) is 6.46. The number of hydrogen-bond acceptors (Lipinski definition) is 4. The fourth-order valence-corrected chi connectivity index (χ4v) is 3.15. The van der Waals surface area contributed by atoms with E-state index in [0.717, 1.165) is 44.6 Å². The van der Waals surface area contributed by atoms with Gasteiger partial charge in [0.2, 0.25) is 5.91 Å². The molecule has 1 heterocycles. The van der Waals surface area contributed by atoms with Gasteiger partial charge in [-0.25, -0.2) is 5.84 Å². The average Bonchev–Trinajstić information content (AvgIpc) is 2.68. The van der Waals surface area contributed by atoms with E-state index in [1.54, 1.807) is 0 Å². The van der Waals surface area contributed by atoms with Gasteiger partial charge in [-0.05, 0) is 41.7 Å². The van der Waals surface area contributed by atoms with Crippen molar-refractivity contribution in [2.75, 3.05) is 31.1 Å². The molecule has 0 bridgehead atoms. The number of anilines is 1. The molecule has 26 heavy (non-hydrogen) atoms. The fourth-order valence-electron chi connectivity index (χ4n) is 3.15. The number of aryl methyl sites for hydroxylation is 2. The molecule has 5 nitrogen and oxygen atoms in total. The van der Waals surface area contributed by atoms with Crippen LogP contribution in [0.15, 0.2) is 48.5 Å². The van der Waals surface area contributed by atoms with Crippen molar-refractivity contribution in [3.63, 3.8) is 0 Å². The monoisotopic (exact) mass is 354 g/mol. The van der Waals surface area contributed by atoms with Gasteiger partial charge in [-0.15, -0.1) is 0 Å². The number of hydrogen-bond donors (Lipinski definition) is 3. The Morgan fingerprint density at radius 3 is 1.96 bits per heavy atom. The van der Waals surface area contributed by atoms with Gasteiger partial charge in [0.1, 0.15) is 0 Å². The summed E-state index contributed by atoms with van der Waals surface area (Å²) in [4.78, 5) is 13.7. The molecule has 0 aromatic heterocycles. The third kappa shape index (κ3) is 5.58. The Balaban J connectivity index is 0.00000243. The molecule has 4 N–H and O–H groups in total. The van der Waals surface area contributed by atoms with Crippen molar-refractivity contribution >= 4 is 11.6 Å². The van der Waals surface area contributed by atoms with Gasteiger partial charge in [-0.1, -0.05) is 43.8 Å². The molecule has 0 unspecified atom stereocenters. The first kappa shape index (κ1) is 19.9. The Hall–Kier alpha value is -2.37. The summed E-state index contributed by atoms with van der Waals surface area (Å²) in [6.07, 6.45) is 2.34. The van der Waals surface area contributed by atoms with Crippen LogP contribution >= 0.6 is 0 Å². The van der Waals surface area contributed by atoms with E-state index in [0.29, 0.717) is 6.42 Å². The molecule has 0 radical (unpaired) electrons. The van der Waals surface area contributed by atoms with Gasteiger partial charge in [0.25, 0.3) is 0 Å². The Morgan fingerprint density at radius 1 is 0.923 bits per heavy atom. The van der Waals surface area contributed by atoms with Crippen LogP contribution in [0.1, 0.15) is 24.1 Å². The highest BCUT2D eigenvalue weighted by Crippen LogP contribution is 2.17. The van der Waals surface area contributed by atoms with Gasteiger partial charge in [-0.3, -0.25) is 10.2 Å². The topological polar surface area (TPSA) is 70.4 Å². The zero-order chi connectivity index (χ0) is 17.5. The van der Waals surface area contributed by atoms with Crippen molar-refractivity contribution in [2.24, 2.45) is 5.84 Å². The Morgan fingerprint density at radius 2 is 1.42 bits per heavy atom. The molecule has 1 saturated heterocycles. The van der Waals surface area contributed by atoms with Crippen LogP contribution in [-0.4, -0.2) is 32.1 Å². The predicted octanol–water partition coefficient (Wildman–Crippen LogP) is 2.05. The maximum atomic E-state index is 11.3. The molecule has 2 aromatic rings. The maximum Gasteiger partial charge on any atom is 0.238 e. The summed E-state index contributed by atoms with van der Waals surface area (Å²) < 4.78 is 0. The van der Waals surface area contributed by atoms with Crippen LogP contribution in [0.4, 0.5) is 5.69 Å². The lowest BCUT2D eigenvalue weighted by molar-refractivity contribution is -0.120. The van der Waals surface area contributed by atoms with Crippen molar-refractivity contribution in [3.05, 3.63) is 65.2 Å². The zero-order valence-electron chi connectivity index (χ0n) is 14.5. The Kier molecular flexibility index (Phi) is 7.63. The summed E-state index contributed by atoms with van der Waals surface area (Å²) in [5.41, 5.74) is 7.08. The minimum absolute atomic E-state index is 0. The number of nitrogens with one attached hydrogen (secondary N) is 2. The van der Waals surface area contributed by atoms with Gasteiger partial charge in [-0.2, -0.15) is 0 Å². The summed E-state index contributed by atoms with van der Waals surface area (Å²) in [6, 6.07) is 17.1. The Bertz CT molecular complexity index is 676. The number of benzene rings is 2. The largest absolute Gasteiger partial charge is 0.369 e. The van der Waals surface area contributed by atoms with Gasteiger partial charge in [0.05, 0.1) is 6.42 Å². The molecule has 0 saturated carbocycles. The summed E-state index contributed by atoms with van der Waals surface area (Å²) in [7, 11) is 0. The Labute approximate surface area is 156 Å². The van der Waals surface area contributed by atoms with Crippen LogP contribution in [0.5, 0.6) is 0 Å². The molecule has 0 atom stereocenters. The SMILES string of the molecule is C.NNC(=O)Cc1ccc(CCc2ccc(N3CCNCC3)cc2)cc1. The van der Waals surface area contributed by atoms with E-state index in [1.807, 2.05) is 12.1 Å². The van der Waals surface area contributed by atoms with Crippen LogP contribution in [0, 0.1) is 0 Å². The van der Waals surface area contributed by atoms with Crippen molar-refractivity contribution in [1.82, 2.24) is 10.7 Å². The summed E-state index contributed by atoms with van der Waals surface area (Å²) in [6.45, 7) is 4.27. The highest BCUT2D eigenvalue weighted by molar-refractivity contribution is 5.77. The lowest BCUT2D eigenvalue weighted by atomic mass is 10.0. The number of nitrogens with zero attached hydrogens (tertiary/aromatic N) is 1. The molecule has 5 heteroatoms. The number of piperazine rings is 1. The van der Waals surface area contributed by atoms with E-state index in [4.69, 9.17) is 5.84 Å². The van der Waals surface area contributed by atoms with Crippen LogP contribution in [-0.2, 0) is 24.1 Å². The number of carbonyl (C=O) groups is 1. The van der Waals surface area contributed by atoms with E-state index in [-0.39, 0.29) is 13.3 Å². The van der Waals surface area contributed by atoms with Gasteiger partial charge in [0.15, 0.2) is 0 Å². The van der Waals surface area contributed by atoms with Gasteiger partial charge >= 0.3 is 0 Å². The first-order chi connectivity index (χ1) is 12.2. The van der Waals surface area contributed by atoms with Crippen LogP contribution in [0.2, 0.25) is 0 Å². The predicted molar refractivity (Wildman–Crippen MR) is 108 cm³/mol. The van der Waals surface area contributed by atoms with Crippen molar-refractivity contribution < 1.29 is 4.79 Å². The standard InChI is InChI=1S/C20H26N4O.CH4/c21-23-20(25)15-18-5-3-16(4-6-18)1-2-17-7-9-19(10-8-17)24-13-11-22-12-14-24;/h3-10,22H,1-2,11-15,21H2,(H,23,25);1H4. The van der Waals surface area contributed by atoms with Crippen molar-refractivity contribution in [2.45, 2.75) is 26.7 Å². The summed E-state index contributed by atoms with van der Waals surface area (Å²) in [5, 5.41) is 3.38. The van der Waals surface area contributed by atoms with Gasteiger partial charge < -0.3 is 10.2 Å². The molecular formula is C21H30N4O. The molecule has 1 aliphatic heterocycles. The highest BCUT2D eigenvalue weighted by Gasteiger charge is 2.09. The van der Waals surface area contributed by atoms with Gasteiger partial charge in [0, 0.05) is 31.9 Å². The summed E-state index contributed by atoms with van der Waals surface area (Å²) >= 11 is 0. The molecular weight excluding hydrogens is 324 g/mol. The van der Waals surface area contributed by atoms with E-state index < -0.39 is 0 Å². The number of rotatable bonds is 6. The van der Waals surface area contributed by atoms with E-state index >= 15 is 0 Å². The van der Waals surface area contributed by atoms with Crippen LogP contribution in [0.3, 0.4) is 0 Å².